The first-order chi connectivity index (χ1) is 23.7. The number of alkyl halides is 3. The van der Waals surface area contributed by atoms with Crippen LogP contribution >= 0.6 is 0 Å². The molecule has 0 spiro atoms. The number of carbonyl (C=O) groups excluding carboxylic acids is 1. The lowest BCUT2D eigenvalue weighted by Gasteiger charge is -2.30. The van der Waals surface area contributed by atoms with E-state index < -0.39 is 65.0 Å². The number of aliphatic carboxylic acids is 1. The molecule has 1 aromatic heterocycles. The molecule has 0 radical (unpaired) electrons. The first-order valence-electron chi connectivity index (χ1n) is 17.3. The fourth-order valence-corrected chi connectivity index (χ4v) is 7.09. The SMILES string of the molecule is Cc1cc(F)cc2c1-c1cc(c(F)c(C(F)(F)F)c1)[C@H](CC(=O)O)NC(=O)[C@@H](n1cc(CCCN3CCC3)c(C)nc1=O)CCCCCCC2. The summed E-state index contributed by atoms with van der Waals surface area (Å²) in [4.78, 5) is 45.9. The van der Waals surface area contributed by atoms with Crippen LogP contribution in [0.25, 0.3) is 11.1 Å². The second-order valence-corrected chi connectivity index (χ2v) is 13.5. The van der Waals surface area contributed by atoms with Crippen LogP contribution in [0.2, 0.25) is 0 Å². The number of aryl methyl sites for hydroxylation is 4. The zero-order chi connectivity index (χ0) is 36.2. The largest absolute Gasteiger partial charge is 0.481 e. The Morgan fingerprint density at radius 3 is 2.40 bits per heavy atom. The van der Waals surface area contributed by atoms with Crippen LogP contribution < -0.4 is 11.0 Å². The van der Waals surface area contributed by atoms with Gasteiger partial charge in [0.25, 0.3) is 0 Å². The summed E-state index contributed by atoms with van der Waals surface area (Å²) in [6.07, 6.45) is 1.84. The normalized spacial score (nSPS) is 19.4. The van der Waals surface area contributed by atoms with Crippen molar-refractivity contribution in [2.24, 2.45) is 0 Å². The first kappa shape index (κ1) is 37.1. The van der Waals surface area contributed by atoms with Crippen molar-refractivity contribution in [2.75, 3.05) is 19.6 Å². The molecule has 1 saturated heterocycles. The lowest BCUT2D eigenvalue weighted by atomic mass is 9.87. The van der Waals surface area contributed by atoms with E-state index in [4.69, 9.17) is 0 Å². The fraction of sp³-hybridized carbons (Fsp3) is 0.514. The van der Waals surface area contributed by atoms with E-state index in [9.17, 15) is 37.1 Å². The van der Waals surface area contributed by atoms with Crippen molar-refractivity contribution < 1.29 is 36.6 Å². The predicted molar refractivity (Wildman–Crippen MR) is 178 cm³/mol. The molecule has 2 aliphatic rings. The van der Waals surface area contributed by atoms with Gasteiger partial charge in [-0.2, -0.15) is 18.2 Å². The molecule has 8 nitrogen and oxygen atoms in total. The van der Waals surface area contributed by atoms with Crippen LogP contribution in [-0.4, -0.2) is 51.1 Å². The Bertz CT molecular complexity index is 1790. The van der Waals surface area contributed by atoms with Crippen molar-refractivity contribution in [2.45, 2.75) is 103 Å². The van der Waals surface area contributed by atoms with Crippen molar-refractivity contribution in [3.05, 3.63) is 86.1 Å². The number of rotatable bonds is 7. The van der Waals surface area contributed by atoms with Gasteiger partial charge in [0.05, 0.1) is 18.0 Å². The minimum Gasteiger partial charge on any atom is -0.481 e. The van der Waals surface area contributed by atoms with Gasteiger partial charge in [0, 0.05) is 17.5 Å². The molecule has 5 rings (SSSR count). The number of hydrogen-bond acceptors (Lipinski definition) is 5. The number of benzene rings is 2. The van der Waals surface area contributed by atoms with Crippen molar-refractivity contribution >= 4 is 11.9 Å². The maximum atomic E-state index is 15.9. The molecule has 0 unspecified atom stereocenters. The van der Waals surface area contributed by atoms with E-state index in [1.807, 2.05) is 0 Å². The second kappa shape index (κ2) is 15.8. The van der Waals surface area contributed by atoms with Crippen molar-refractivity contribution in [3.63, 3.8) is 0 Å². The summed E-state index contributed by atoms with van der Waals surface area (Å²) in [5.74, 6) is -4.60. The summed E-state index contributed by atoms with van der Waals surface area (Å²) < 4.78 is 74.8. The van der Waals surface area contributed by atoms with Crippen LogP contribution in [-0.2, 0) is 28.6 Å². The average Bonchev–Trinajstić information content (AvgIpc) is 2.99. The van der Waals surface area contributed by atoms with E-state index in [0.717, 1.165) is 56.9 Å². The molecule has 1 fully saturated rings. The smallest absolute Gasteiger partial charge is 0.419 e. The van der Waals surface area contributed by atoms with E-state index in [2.05, 4.69) is 15.2 Å². The molecular weight excluding hydrogens is 659 g/mol. The maximum Gasteiger partial charge on any atom is 0.419 e. The van der Waals surface area contributed by atoms with Gasteiger partial charge in [0.2, 0.25) is 5.91 Å². The molecule has 0 saturated carbocycles. The van der Waals surface area contributed by atoms with Gasteiger partial charge in [-0.15, -0.1) is 0 Å². The number of fused-ring (bicyclic) bond motifs is 4. The Morgan fingerprint density at radius 1 is 1.00 bits per heavy atom. The Hall–Kier alpha value is -4.13. The van der Waals surface area contributed by atoms with Crippen LogP contribution in [0.1, 0.15) is 103 Å². The highest BCUT2D eigenvalue weighted by molar-refractivity contribution is 5.82. The van der Waals surface area contributed by atoms with Crippen molar-refractivity contribution in [1.82, 2.24) is 19.8 Å². The molecule has 2 N–H and O–H groups in total. The number of carbonyl (C=O) groups is 2. The molecule has 1 amide bonds. The van der Waals surface area contributed by atoms with E-state index in [-0.39, 0.29) is 12.0 Å². The van der Waals surface area contributed by atoms with Crippen molar-refractivity contribution in [3.8, 4) is 11.1 Å². The first-order valence-corrected chi connectivity index (χ1v) is 17.3. The Morgan fingerprint density at radius 2 is 1.72 bits per heavy atom. The fourth-order valence-electron chi connectivity index (χ4n) is 7.09. The molecule has 2 bridgehead atoms. The lowest BCUT2D eigenvalue weighted by Crippen LogP contribution is -2.41. The van der Waals surface area contributed by atoms with Gasteiger partial charge in [-0.05, 0) is 124 Å². The molecule has 2 atom stereocenters. The highest BCUT2D eigenvalue weighted by Crippen LogP contribution is 2.40. The highest BCUT2D eigenvalue weighted by atomic mass is 19.4. The molecule has 13 heteroatoms. The molecule has 2 aromatic carbocycles. The number of amides is 1. The molecule has 0 aliphatic carbocycles. The molecule has 2 aliphatic heterocycles. The minimum absolute atomic E-state index is 0.0728. The maximum absolute atomic E-state index is 15.9. The molecule has 3 aromatic rings. The highest BCUT2D eigenvalue weighted by Gasteiger charge is 2.38. The second-order valence-electron chi connectivity index (χ2n) is 13.5. The van der Waals surface area contributed by atoms with Gasteiger partial charge in [-0.1, -0.05) is 25.7 Å². The van der Waals surface area contributed by atoms with E-state index in [1.165, 1.54) is 16.7 Å². The summed E-state index contributed by atoms with van der Waals surface area (Å²) in [6, 6.07) is 1.30. The molecule has 3 heterocycles. The third kappa shape index (κ3) is 8.77. The average molecular weight is 703 g/mol. The standard InChI is InChI=1S/C37H43F5N4O4/c1-22-16-27(38)17-24-10-6-4-3-5-7-12-31(46-21-25(23(2)43-36(46)50)11-8-13-45-14-9-15-45)35(49)44-30(20-32(47)48)28-18-26(33(22)24)19-29(34(28)39)37(40,41)42/h16-19,21,30-31H,3-15,20H2,1-2H3,(H,44,49)(H,47,48)/t30-,31-/m0/s1. The van der Waals surface area contributed by atoms with Crippen LogP contribution in [0.3, 0.4) is 0 Å². The molecule has 270 valence electrons. The quantitative estimate of drug-likeness (QED) is 0.252. The zero-order valence-electron chi connectivity index (χ0n) is 28.3. The number of likely N-dealkylation sites (tertiary alicyclic amines) is 1. The zero-order valence-corrected chi connectivity index (χ0v) is 28.3. The van der Waals surface area contributed by atoms with E-state index in [1.54, 1.807) is 20.0 Å². The van der Waals surface area contributed by atoms with Gasteiger partial charge in [0.1, 0.15) is 17.7 Å². The Labute approximate surface area is 287 Å². The number of carboxylic acids is 1. The van der Waals surface area contributed by atoms with Crippen LogP contribution in [0.15, 0.2) is 35.3 Å². The van der Waals surface area contributed by atoms with Crippen LogP contribution in [0.5, 0.6) is 0 Å². The number of nitrogens with zero attached hydrogens (tertiary/aromatic N) is 3. The number of nitrogens with one attached hydrogen (secondary N) is 1. The summed E-state index contributed by atoms with van der Waals surface area (Å²) in [6.45, 7) is 6.21. The van der Waals surface area contributed by atoms with Gasteiger partial charge >= 0.3 is 17.8 Å². The van der Waals surface area contributed by atoms with Crippen LogP contribution in [0.4, 0.5) is 22.0 Å². The third-order valence-corrected chi connectivity index (χ3v) is 9.82. The molecule has 50 heavy (non-hydrogen) atoms. The van der Waals surface area contributed by atoms with Gasteiger partial charge < -0.3 is 15.3 Å². The van der Waals surface area contributed by atoms with E-state index in [0.29, 0.717) is 60.6 Å². The number of hydrogen-bond donors (Lipinski definition) is 2. The topological polar surface area (TPSA) is 105 Å². The van der Waals surface area contributed by atoms with Crippen LogP contribution in [0, 0.1) is 25.5 Å². The summed E-state index contributed by atoms with van der Waals surface area (Å²) in [7, 11) is 0. The van der Waals surface area contributed by atoms with Gasteiger partial charge in [-0.25, -0.2) is 13.6 Å². The Kier molecular flexibility index (Phi) is 11.8. The summed E-state index contributed by atoms with van der Waals surface area (Å²) in [5.41, 5.74) is -0.698. The van der Waals surface area contributed by atoms with Gasteiger partial charge in [0.15, 0.2) is 0 Å². The number of carboxylic acid groups (broad SMARTS) is 1. The Balaban J connectivity index is 1.61. The van der Waals surface area contributed by atoms with Crippen molar-refractivity contribution in [1.29, 1.82) is 0 Å². The predicted octanol–water partition coefficient (Wildman–Crippen LogP) is 7.23. The number of aromatic nitrogens is 2. The lowest BCUT2D eigenvalue weighted by molar-refractivity contribution is -0.140. The van der Waals surface area contributed by atoms with Gasteiger partial charge in [-0.3, -0.25) is 14.2 Å². The monoisotopic (exact) mass is 702 g/mol. The summed E-state index contributed by atoms with van der Waals surface area (Å²) in [5, 5.41) is 12.3. The third-order valence-electron chi connectivity index (χ3n) is 9.82. The number of halogens is 5. The summed E-state index contributed by atoms with van der Waals surface area (Å²) >= 11 is 0. The minimum atomic E-state index is -5.17. The molecular formula is C37H43F5N4O4. The van der Waals surface area contributed by atoms with E-state index >= 15 is 4.39 Å².